The van der Waals surface area contributed by atoms with Gasteiger partial charge in [-0.3, -0.25) is 0 Å². The maximum atomic E-state index is 13.4. The molecule has 112 valence electrons. The lowest BCUT2D eigenvalue weighted by Gasteiger charge is -2.10. The molecule has 0 atom stereocenters. The Labute approximate surface area is 128 Å². The first-order valence-corrected chi connectivity index (χ1v) is 7.07. The number of ether oxygens (including phenoxy) is 2. The summed E-state index contributed by atoms with van der Waals surface area (Å²) in [4.78, 5) is 0. The van der Waals surface area contributed by atoms with E-state index in [2.05, 4.69) is 0 Å². The van der Waals surface area contributed by atoms with E-state index >= 15 is 0 Å². The molecule has 0 heterocycles. The van der Waals surface area contributed by atoms with Gasteiger partial charge in [0.15, 0.2) is 11.6 Å². The molecule has 0 aliphatic rings. The zero-order valence-electron chi connectivity index (χ0n) is 11.5. The average molecular weight is 310 g/mol. The van der Waals surface area contributed by atoms with Gasteiger partial charge < -0.3 is 15.2 Å². The molecule has 0 saturated carbocycles. The molecule has 0 unspecified atom stereocenters. The Balaban J connectivity index is 1.72. The van der Waals surface area contributed by atoms with Crippen LogP contribution in [0, 0.1) is 5.82 Å². The van der Waals surface area contributed by atoms with E-state index < -0.39 is 5.82 Å². The molecule has 0 amide bonds. The van der Waals surface area contributed by atoms with Crippen molar-refractivity contribution in [3.05, 3.63) is 58.9 Å². The molecule has 2 rings (SSSR count). The van der Waals surface area contributed by atoms with Crippen LogP contribution < -0.4 is 15.2 Å². The van der Waals surface area contributed by atoms with Crippen molar-refractivity contribution in [1.29, 1.82) is 0 Å². The number of hydrogen-bond acceptors (Lipinski definition) is 3. The van der Waals surface area contributed by atoms with E-state index in [1.807, 2.05) is 24.3 Å². The summed E-state index contributed by atoms with van der Waals surface area (Å²) in [7, 11) is 0. The second-order valence-electron chi connectivity index (χ2n) is 4.45. The van der Waals surface area contributed by atoms with E-state index in [4.69, 9.17) is 26.8 Å². The van der Waals surface area contributed by atoms with Gasteiger partial charge in [0, 0.05) is 13.0 Å². The number of halogens is 2. The fraction of sp³-hybridized carbons (Fsp3) is 0.250. The van der Waals surface area contributed by atoms with Gasteiger partial charge in [0.05, 0.1) is 18.2 Å². The first-order chi connectivity index (χ1) is 10.2. The van der Waals surface area contributed by atoms with E-state index in [9.17, 15) is 4.39 Å². The fourth-order valence-corrected chi connectivity index (χ4v) is 1.98. The van der Waals surface area contributed by atoms with Gasteiger partial charge in [-0.1, -0.05) is 29.8 Å². The molecule has 0 aliphatic carbocycles. The predicted octanol–water partition coefficient (Wildman–Crippen LogP) is 3.79. The van der Waals surface area contributed by atoms with Crippen molar-refractivity contribution in [3.8, 4) is 11.5 Å². The maximum absolute atomic E-state index is 13.4. The van der Waals surface area contributed by atoms with Gasteiger partial charge in [0.2, 0.25) is 0 Å². The quantitative estimate of drug-likeness (QED) is 0.792. The lowest BCUT2D eigenvalue weighted by molar-refractivity contribution is 0.241. The summed E-state index contributed by atoms with van der Waals surface area (Å²) in [5, 5.41) is 0.272. The van der Waals surface area contributed by atoms with Crippen LogP contribution in [-0.2, 0) is 6.54 Å². The van der Waals surface area contributed by atoms with E-state index in [-0.39, 0.29) is 10.8 Å². The van der Waals surface area contributed by atoms with Crippen LogP contribution in [-0.4, -0.2) is 13.2 Å². The molecule has 0 fully saturated rings. The highest BCUT2D eigenvalue weighted by Gasteiger charge is 2.07. The standard InChI is InChI=1S/C16H17ClFNO2/c17-14-3-1-4-15(18)16(14)21-10-2-9-20-13-7-5-12(11-19)6-8-13/h1,3-8H,2,9-11,19H2. The summed E-state index contributed by atoms with van der Waals surface area (Å²) < 4.78 is 24.3. The minimum absolute atomic E-state index is 0.0893. The Morgan fingerprint density at radius 3 is 2.38 bits per heavy atom. The SMILES string of the molecule is NCc1ccc(OCCCOc2c(F)cccc2Cl)cc1. The van der Waals surface area contributed by atoms with Crippen molar-refractivity contribution in [1.82, 2.24) is 0 Å². The Kier molecular flexibility index (Phi) is 5.84. The van der Waals surface area contributed by atoms with Crippen LogP contribution in [0.15, 0.2) is 42.5 Å². The molecule has 0 spiro atoms. The highest BCUT2D eigenvalue weighted by atomic mass is 35.5. The van der Waals surface area contributed by atoms with Crippen LogP contribution in [0.2, 0.25) is 5.02 Å². The number of benzene rings is 2. The van der Waals surface area contributed by atoms with E-state index in [1.165, 1.54) is 6.07 Å². The van der Waals surface area contributed by atoms with Crippen LogP contribution in [0.1, 0.15) is 12.0 Å². The molecule has 5 heteroatoms. The van der Waals surface area contributed by atoms with Crippen molar-refractivity contribution in [2.24, 2.45) is 5.73 Å². The lowest BCUT2D eigenvalue weighted by atomic mass is 10.2. The molecule has 21 heavy (non-hydrogen) atoms. The van der Waals surface area contributed by atoms with Gasteiger partial charge in [-0.25, -0.2) is 4.39 Å². The van der Waals surface area contributed by atoms with E-state index in [1.54, 1.807) is 12.1 Å². The third-order valence-corrected chi connectivity index (χ3v) is 3.18. The molecule has 0 bridgehead atoms. The second kappa shape index (κ2) is 7.86. The molecule has 3 nitrogen and oxygen atoms in total. The van der Waals surface area contributed by atoms with Crippen LogP contribution in [0.3, 0.4) is 0 Å². The van der Waals surface area contributed by atoms with Crippen LogP contribution in [0.5, 0.6) is 11.5 Å². The van der Waals surface area contributed by atoms with Crippen molar-refractivity contribution < 1.29 is 13.9 Å². The van der Waals surface area contributed by atoms with Crippen LogP contribution in [0.25, 0.3) is 0 Å². The number of nitrogens with two attached hydrogens (primary N) is 1. The van der Waals surface area contributed by atoms with Crippen LogP contribution >= 0.6 is 11.6 Å². The first-order valence-electron chi connectivity index (χ1n) is 6.69. The van der Waals surface area contributed by atoms with Gasteiger partial charge in [0.1, 0.15) is 5.75 Å². The average Bonchev–Trinajstić information content (AvgIpc) is 2.50. The fourth-order valence-electron chi connectivity index (χ4n) is 1.77. The molecular formula is C16H17ClFNO2. The Morgan fingerprint density at radius 2 is 1.71 bits per heavy atom. The zero-order valence-corrected chi connectivity index (χ0v) is 12.3. The van der Waals surface area contributed by atoms with Crippen molar-refractivity contribution in [3.63, 3.8) is 0 Å². The number of para-hydroxylation sites is 1. The molecule has 0 radical (unpaired) electrons. The van der Waals surface area contributed by atoms with Gasteiger partial charge in [-0.05, 0) is 29.8 Å². The van der Waals surface area contributed by atoms with Crippen molar-refractivity contribution in [2.75, 3.05) is 13.2 Å². The van der Waals surface area contributed by atoms with Gasteiger partial charge in [0.25, 0.3) is 0 Å². The highest BCUT2D eigenvalue weighted by molar-refractivity contribution is 6.32. The van der Waals surface area contributed by atoms with E-state index in [0.29, 0.717) is 26.2 Å². The maximum Gasteiger partial charge on any atom is 0.173 e. The Hall–Kier alpha value is -1.78. The summed E-state index contributed by atoms with van der Waals surface area (Å²) in [5.41, 5.74) is 6.58. The lowest BCUT2D eigenvalue weighted by Crippen LogP contribution is -2.06. The van der Waals surface area contributed by atoms with Gasteiger partial charge in [-0.2, -0.15) is 0 Å². The van der Waals surface area contributed by atoms with Crippen molar-refractivity contribution in [2.45, 2.75) is 13.0 Å². The molecule has 0 aromatic heterocycles. The largest absolute Gasteiger partial charge is 0.493 e. The first kappa shape index (κ1) is 15.6. The monoisotopic (exact) mass is 309 g/mol. The van der Waals surface area contributed by atoms with Gasteiger partial charge in [-0.15, -0.1) is 0 Å². The Morgan fingerprint density at radius 1 is 1.00 bits per heavy atom. The summed E-state index contributed by atoms with van der Waals surface area (Å²) >= 11 is 5.86. The zero-order chi connectivity index (χ0) is 15.1. The molecule has 2 N–H and O–H groups in total. The van der Waals surface area contributed by atoms with Gasteiger partial charge >= 0.3 is 0 Å². The van der Waals surface area contributed by atoms with Crippen LogP contribution in [0.4, 0.5) is 4.39 Å². The minimum atomic E-state index is -0.458. The molecule has 0 saturated heterocycles. The number of hydrogen-bond donors (Lipinski definition) is 1. The summed E-state index contributed by atoms with van der Waals surface area (Å²) in [5.74, 6) is 0.406. The molecule has 2 aromatic rings. The normalized spacial score (nSPS) is 10.4. The molecule has 0 aliphatic heterocycles. The third-order valence-electron chi connectivity index (χ3n) is 2.88. The molecular weight excluding hydrogens is 293 g/mol. The third kappa shape index (κ3) is 4.62. The Bertz CT molecular complexity index is 555. The minimum Gasteiger partial charge on any atom is -0.493 e. The molecule has 2 aromatic carbocycles. The summed E-state index contributed by atoms with van der Waals surface area (Å²) in [6.07, 6.45) is 0.628. The topological polar surface area (TPSA) is 44.5 Å². The summed E-state index contributed by atoms with van der Waals surface area (Å²) in [6, 6.07) is 12.0. The second-order valence-corrected chi connectivity index (χ2v) is 4.86. The smallest absolute Gasteiger partial charge is 0.173 e. The highest BCUT2D eigenvalue weighted by Crippen LogP contribution is 2.27. The summed E-state index contributed by atoms with van der Waals surface area (Å²) in [6.45, 7) is 1.33. The predicted molar refractivity (Wildman–Crippen MR) is 81.4 cm³/mol. The number of rotatable bonds is 7. The van der Waals surface area contributed by atoms with Crippen molar-refractivity contribution >= 4 is 11.6 Å². The van der Waals surface area contributed by atoms with E-state index in [0.717, 1.165) is 11.3 Å².